The number of hydrogen-bond donors (Lipinski definition) is 2. The molecule has 0 spiro atoms. The molecule has 0 aliphatic rings. The summed E-state index contributed by atoms with van der Waals surface area (Å²) in [4.78, 5) is 34.7. The number of non-ortho nitro benzene ring substituents is 1. The molecule has 3 aromatic rings. The number of nitrogens with one attached hydrogen (secondary N) is 2. The number of nitrogens with zero attached hydrogens (tertiary/aromatic N) is 2. The van der Waals surface area contributed by atoms with E-state index in [4.69, 9.17) is 11.6 Å². The number of hydrazone groups is 1. The molecule has 0 aliphatic carbocycles. The third kappa shape index (κ3) is 5.49. The molecule has 9 heteroatoms. The van der Waals surface area contributed by atoms with Gasteiger partial charge in [0.2, 0.25) is 0 Å². The van der Waals surface area contributed by atoms with Crippen molar-refractivity contribution in [1.82, 2.24) is 5.43 Å². The van der Waals surface area contributed by atoms with Crippen LogP contribution in [0.3, 0.4) is 0 Å². The number of carbonyl (C=O) groups excluding carboxylic acids is 2. The Hall–Kier alpha value is -4.04. The Kier molecular flexibility index (Phi) is 6.51. The summed E-state index contributed by atoms with van der Waals surface area (Å²) >= 11 is 5.90. The highest BCUT2D eigenvalue weighted by Crippen LogP contribution is 2.15. The lowest BCUT2D eigenvalue weighted by Gasteiger charge is -2.07. The van der Waals surface area contributed by atoms with E-state index in [1.54, 1.807) is 42.5 Å². The van der Waals surface area contributed by atoms with Gasteiger partial charge in [0.15, 0.2) is 0 Å². The number of anilines is 1. The molecule has 0 unspecified atom stereocenters. The Bertz CT molecular complexity index is 1130. The molecular weight excluding hydrogens is 408 g/mol. The van der Waals surface area contributed by atoms with Crippen LogP contribution < -0.4 is 10.7 Å². The molecule has 2 N–H and O–H groups in total. The molecule has 8 nitrogen and oxygen atoms in total. The van der Waals surface area contributed by atoms with E-state index >= 15 is 0 Å². The van der Waals surface area contributed by atoms with Crippen molar-refractivity contribution in [2.24, 2.45) is 5.10 Å². The fourth-order valence-corrected chi connectivity index (χ4v) is 2.67. The van der Waals surface area contributed by atoms with Gasteiger partial charge < -0.3 is 5.32 Å². The van der Waals surface area contributed by atoms with E-state index in [0.717, 1.165) is 0 Å². The number of halogens is 1. The van der Waals surface area contributed by atoms with Crippen molar-refractivity contribution in [2.45, 2.75) is 0 Å². The zero-order valence-electron chi connectivity index (χ0n) is 15.4. The first-order chi connectivity index (χ1) is 14.4. The maximum absolute atomic E-state index is 12.3. The van der Waals surface area contributed by atoms with Gasteiger partial charge in [0.05, 0.1) is 11.1 Å². The summed E-state index contributed by atoms with van der Waals surface area (Å²) in [6.45, 7) is 0. The molecule has 0 aliphatic heterocycles. The summed E-state index contributed by atoms with van der Waals surface area (Å²) in [5.41, 5.74) is 4.05. The normalized spacial score (nSPS) is 10.6. The minimum Gasteiger partial charge on any atom is -0.322 e. The van der Waals surface area contributed by atoms with Crippen LogP contribution in [0.25, 0.3) is 0 Å². The van der Waals surface area contributed by atoms with Crippen molar-refractivity contribution < 1.29 is 14.5 Å². The predicted molar refractivity (Wildman–Crippen MR) is 114 cm³/mol. The van der Waals surface area contributed by atoms with Crippen LogP contribution in [0.2, 0.25) is 5.02 Å². The molecule has 2 amide bonds. The fraction of sp³-hybridized carbons (Fsp3) is 0. The summed E-state index contributed by atoms with van der Waals surface area (Å²) < 4.78 is 0. The summed E-state index contributed by atoms with van der Waals surface area (Å²) in [6, 6.07) is 18.6. The average Bonchev–Trinajstić information content (AvgIpc) is 2.74. The van der Waals surface area contributed by atoms with Gasteiger partial charge in [0, 0.05) is 34.0 Å². The second-order valence-electron chi connectivity index (χ2n) is 6.09. The maximum Gasteiger partial charge on any atom is 0.271 e. The van der Waals surface area contributed by atoms with E-state index in [9.17, 15) is 19.7 Å². The largest absolute Gasteiger partial charge is 0.322 e. The Morgan fingerprint density at radius 2 is 1.60 bits per heavy atom. The highest BCUT2D eigenvalue weighted by Gasteiger charge is 2.09. The molecule has 3 aromatic carbocycles. The van der Waals surface area contributed by atoms with E-state index in [1.807, 2.05) is 0 Å². The first-order valence-electron chi connectivity index (χ1n) is 8.67. The Morgan fingerprint density at radius 3 is 2.27 bits per heavy atom. The lowest BCUT2D eigenvalue weighted by atomic mass is 10.1. The molecule has 0 radical (unpaired) electrons. The van der Waals surface area contributed by atoms with Crippen molar-refractivity contribution in [1.29, 1.82) is 0 Å². The third-order valence-corrected chi connectivity index (χ3v) is 4.19. The lowest BCUT2D eigenvalue weighted by Crippen LogP contribution is -2.18. The van der Waals surface area contributed by atoms with Gasteiger partial charge >= 0.3 is 0 Å². The first kappa shape index (κ1) is 20.7. The van der Waals surface area contributed by atoms with Gasteiger partial charge in [-0.3, -0.25) is 19.7 Å². The number of benzene rings is 3. The number of carbonyl (C=O) groups is 2. The Labute approximate surface area is 176 Å². The number of nitro benzene ring substituents is 1. The molecule has 150 valence electrons. The molecule has 0 heterocycles. The van der Waals surface area contributed by atoms with Crippen molar-refractivity contribution in [3.8, 4) is 0 Å². The standard InChI is InChI=1S/C21H15ClN4O4/c22-17-5-1-3-15(11-17)20(27)24-18-6-2-4-16(12-18)21(28)25-23-13-14-7-9-19(10-8-14)26(29)30/h1-13H,(H,24,27)(H,25,28)/b23-13+. The van der Waals surface area contributed by atoms with E-state index in [-0.39, 0.29) is 11.6 Å². The maximum atomic E-state index is 12.3. The van der Waals surface area contributed by atoms with Crippen LogP contribution in [-0.4, -0.2) is 23.0 Å². The first-order valence-corrected chi connectivity index (χ1v) is 9.05. The zero-order chi connectivity index (χ0) is 21.5. The summed E-state index contributed by atoms with van der Waals surface area (Å²) in [7, 11) is 0. The highest BCUT2D eigenvalue weighted by molar-refractivity contribution is 6.31. The molecular formula is C21H15ClN4O4. The van der Waals surface area contributed by atoms with E-state index in [0.29, 0.717) is 27.4 Å². The molecule has 0 aromatic heterocycles. The van der Waals surface area contributed by atoms with Crippen molar-refractivity contribution in [3.63, 3.8) is 0 Å². The minimum atomic E-state index is -0.499. The van der Waals surface area contributed by atoms with Crippen molar-refractivity contribution >= 4 is 41.0 Å². The van der Waals surface area contributed by atoms with Gasteiger partial charge in [-0.05, 0) is 54.1 Å². The monoisotopic (exact) mass is 422 g/mol. The van der Waals surface area contributed by atoms with Crippen LogP contribution in [0.1, 0.15) is 26.3 Å². The van der Waals surface area contributed by atoms with Gasteiger partial charge in [-0.2, -0.15) is 5.10 Å². The molecule has 3 rings (SSSR count). The number of nitro groups is 1. The molecule has 30 heavy (non-hydrogen) atoms. The number of hydrogen-bond acceptors (Lipinski definition) is 5. The quantitative estimate of drug-likeness (QED) is 0.351. The topological polar surface area (TPSA) is 114 Å². The van der Waals surface area contributed by atoms with Crippen LogP contribution in [0.4, 0.5) is 11.4 Å². The van der Waals surface area contributed by atoms with Crippen molar-refractivity contribution in [3.05, 3.63) is 105 Å². The second-order valence-corrected chi connectivity index (χ2v) is 6.53. The van der Waals surface area contributed by atoms with Gasteiger partial charge in [-0.15, -0.1) is 0 Å². The van der Waals surface area contributed by atoms with E-state index in [1.165, 1.54) is 36.5 Å². The summed E-state index contributed by atoms with van der Waals surface area (Å²) in [5, 5.41) is 17.6. The van der Waals surface area contributed by atoms with E-state index in [2.05, 4.69) is 15.8 Å². The number of rotatable bonds is 6. The van der Waals surface area contributed by atoms with Gasteiger partial charge in [-0.25, -0.2) is 5.43 Å². The zero-order valence-corrected chi connectivity index (χ0v) is 16.2. The van der Waals surface area contributed by atoms with Crippen LogP contribution >= 0.6 is 11.6 Å². The number of amides is 2. The molecule has 0 saturated carbocycles. The molecule has 0 atom stereocenters. The highest BCUT2D eigenvalue weighted by atomic mass is 35.5. The Balaban J connectivity index is 1.62. The SMILES string of the molecule is O=C(N/N=C/c1ccc([N+](=O)[O-])cc1)c1cccc(NC(=O)c2cccc(Cl)c2)c1. The minimum absolute atomic E-state index is 0.0344. The van der Waals surface area contributed by atoms with Crippen LogP contribution in [0.5, 0.6) is 0 Å². The van der Waals surface area contributed by atoms with Gasteiger partial charge in [0.1, 0.15) is 0 Å². The molecule has 0 fully saturated rings. The summed E-state index contributed by atoms with van der Waals surface area (Å²) in [6.07, 6.45) is 1.37. The van der Waals surface area contributed by atoms with Crippen molar-refractivity contribution in [2.75, 3.05) is 5.32 Å². The lowest BCUT2D eigenvalue weighted by molar-refractivity contribution is -0.384. The van der Waals surface area contributed by atoms with E-state index < -0.39 is 10.8 Å². The summed E-state index contributed by atoms with van der Waals surface area (Å²) in [5.74, 6) is -0.835. The average molecular weight is 423 g/mol. The van der Waals surface area contributed by atoms with Crippen LogP contribution in [0.15, 0.2) is 77.9 Å². The molecule has 0 bridgehead atoms. The van der Waals surface area contributed by atoms with Crippen LogP contribution in [0, 0.1) is 10.1 Å². The van der Waals surface area contributed by atoms with Gasteiger partial charge in [0.25, 0.3) is 17.5 Å². The predicted octanol–water partition coefficient (Wildman–Crippen LogP) is 4.26. The second kappa shape index (κ2) is 9.44. The van der Waals surface area contributed by atoms with Crippen LogP contribution in [-0.2, 0) is 0 Å². The smallest absolute Gasteiger partial charge is 0.271 e. The molecule has 0 saturated heterocycles. The fourth-order valence-electron chi connectivity index (χ4n) is 2.48. The van der Waals surface area contributed by atoms with Gasteiger partial charge in [-0.1, -0.05) is 23.7 Å². The Morgan fingerprint density at radius 1 is 0.933 bits per heavy atom. The third-order valence-electron chi connectivity index (χ3n) is 3.95.